The van der Waals surface area contributed by atoms with E-state index in [0.29, 0.717) is 12.3 Å². The van der Waals surface area contributed by atoms with E-state index in [4.69, 9.17) is 4.74 Å². The van der Waals surface area contributed by atoms with Crippen LogP contribution in [-0.4, -0.2) is 22.5 Å². The number of aromatic amines is 1. The van der Waals surface area contributed by atoms with Crippen LogP contribution in [0.5, 0.6) is 0 Å². The lowest BCUT2D eigenvalue weighted by atomic mass is 10.1. The molecule has 0 amide bonds. The quantitative estimate of drug-likeness (QED) is 0.581. The van der Waals surface area contributed by atoms with E-state index in [-0.39, 0.29) is 5.97 Å². The predicted octanol–water partition coefficient (Wildman–Crippen LogP) is 3.98. The molecular formula is C17H18N2O2. The largest absolute Gasteiger partial charge is 0.461 e. The van der Waals surface area contributed by atoms with Gasteiger partial charge in [0.25, 0.3) is 0 Å². The van der Waals surface area contributed by atoms with Crippen molar-refractivity contribution in [1.29, 1.82) is 0 Å². The number of pyridine rings is 1. The molecule has 0 saturated carbocycles. The average Bonchev–Trinajstić information content (AvgIpc) is 2.87. The van der Waals surface area contributed by atoms with Gasteiger partial charge >= 0.3 is 5.97 Å². The van der Waals surface area contributed by atoms with Gasteiger partial charge < -0.3 is 9.72 Å². The highest BCUT2D eigenvalue weighted by Crippen LogP contribution is 2.27. The van der Waals surface area contributed by atoms with Crippen LogP contribution < -0.4 is 0 Å². The van der Waals surface area contributed by atoms with E-state index in [0.717, 1.165) is 40.3 Å². The number of benzene rings is 1. The molecule has 21 heavy (non-hydrogen) atoms. The molecule has 1 aromatic carbocycles. The number of aryl methyl sites for hydroxylation is 1. The Balaban J connectivity index is 2.05. The van der Waals surface area contributed by atoms with E-state index >= 15 is 0 Å². The summed E-state index contributed by atoms with van der Waals surface area (Å²) < 4.78 is 5.25. The third-order valence-corrected chi connectivity index (χ3v) is 3.62. The van der Waals surface area contributed by atoms with E-state index in [1.807, 2.05) is 37.3 Å². The van der Waals surface area contributed by atoms with Gasteiger partial charge in [-0.1, -0.05) is 31.5 Å². The average molecular weight is 282 g/mol. The van der Waals surface area contributed by atoms with Gasteiger partial charge in [0.1, 0.15) is 5.69 Å². The number of H-pyrrole nitrogens is 1. The number of para-hydroxylation sites is 1. The molecule has 4 heteroatoms. The number of nitrogens with zero attached hydrogens (tertiary/aromatic N) is 1. The molecule has 0 aliphatic heterocycles. The van der Waals surface area contributed by atoms with Gasteiger partial charge in [0, 0.05) is 16.3 Å². The molecule has 3 rings (SSSR count). The second-order valence-electron chi connectivity index (χ2n) is 5.18. The van der Waals surface area contributed by atoms with Gasteiger partial charge in [-0.05, 0) is 25.5 Å². The molecule has 0 radical (unpaired) electrons. The Hall–Kier alpha value is -2.36. The van der Waals surface area contributed by atoms with Gasteiger partial charge in [-0.25, -0.2) is 9.78 Å². The first-order chi connectivity index (χ1) is 10.2. The Morgan fingerprint density at radius 3 is 2.90 bits per heavy atom. The lowest BCUT2D eigenvalue weighted by Gasteiger charge is -2.05. The van der Waals surface area contributed by atoms with Crippen LogP contribution in [0.1, 0.15) is 35.9 Å². The summed E-state index contributed by atoms with van der Waals surface area (Å²) in [6, 6.07) is 9.86. The fourth-order valence-electron chi connectivity index (χ4n) is 2.49. The zero-order valence-electron chi connectivity index (χ0n) is 12.3. The highest BCUT2D eigenvalue weighted by Gasteiger charge is 2.14. The van der Waals surface area contributed by atoms with Crippen LogP contribution in [0.25, 0.3) is 21.8 Å². The van der Waals surface area contributed by atoms with Gasteiger partial charge in [-0.3, -0.25) is 0 Å². The van der Waals surface area contributed by atoms with Gasteiger partial charge in [0.05, 0.1) is 17.8 Å². The number of aromatic nitrogens is 2. The van der Waals surface area contributed by atoms with Crippen LogP contribution in [0.2, 0.25) is 0 Å². The fraction of sp³-hybridized carbons (Fsp3) is 0.294. The number of esters is 1. The SMILES string of the molecule is CCCCOC(=O)c1cc2c([nH]c3ccccc32)c(C)n1. The van der Waals surface area contributed by atoms with Crippen molar-refractivity contribution in [3.05, 3.63) is 41.7 Å². The first-order valence-electron chi connectivity index (χ1n) is 7.26. The minimum absolute atomic E-state index is 0.348. The molecule has 2 heterocycles. The summed E-state index contributed by atoms with van der Waals surface area (Å²) in [5, 5.41) is 2.11. The zero-order valence-corrected chi connectivity index (χ0v) is 12.3. The maximum atomic E-state index is 12.1. The molecule has 0 aliphatic rings. The molecule has 1 N–H and O–H groups in total. The highest BCUT2D eigenvalue weighted by atomic mass is 16.5. The molecule has 0 saturated heterocycles. The minimum Gasteiger partial charge on any atom is -0.461 e. The molecule has 2 aromatic heterocycles. The molecule has 0 bridgehead atoms. The van der Waals surface area contributed by atoms with Crippen molar-refractivity contribution in [3.8, 4) is 0 Å². The van der Waals surface area contributed by atoms with Gasteiger partial charge in [0.15, 0.2) is 0 Å². The summed E-state index contributed by atoms with van der Waals surface area (Å²) >= 11 is 0. The lowest BCUT2D eigenvalue weighted by molar-refractivity contribution is 0.0493. The topological polar surface area (TPSA) is 55.0 Å². The number of carbonyl (C=O) groups excluding carboxylic acids is 1. The molecule has 0 unspecified atom stereocenters. The second kappa shape index (κ2) is 5.56. The Kier molecular flexibility index (Phi) is 3.60. The Bertz CT molecular complexity index is 805. The third-order valence-electron chi connectivity index (χ3n) is 3.62. The minimum atomic E-state index is -0.348. The van der Waals surface area contributed by atoms with Gasteiger partial charge in [0.2, 0.25) is 0 Å². The van der Waals surface area contributed by atoms with Gasteiger partial charge in [-0.2, -0.15) is 0 Å². The Morgan fingerprint density at radius 2 is 2.10 bits per heavy atom. The number of hydrogen-bond acceptors (Lipinski definition) is 3. The van der Waals surface area contributed by atoms with Crippen molar-refractivity contribution in [2.75, 3.05) is 6.61 Å². The van der Waals surface area contributed by atoms with Crippen LogP contribution in [0.3, 0.4) is 0 Å². The van der Waals surface area contributed by atoms with Crippen molar-refractivity contribution in [3.63, 3.8) is 0 Å². The van der Waals surface area contributed by atoms with Crippen LogP contribution in [0, 0.1) is 6.92 Å². The van der Waals surface area contributed by atoms with Crippen molar-refractivity contribution < 1.29 is 9.53 Å². The van der Waals surface area contributed by atoms with Crippen LogP contribution in [0.15, 0.2) is 30.3 Å². The van der Waals surface area contributed by atoms with E-state index in [2.05, 4.69) is 16.9 Å². The number of rotatable bonds is 4. The van der Waals surface area contributed by atoms with Crippen LogP contribution >= 0.6 is 0 Å². The number of hydrogen-bond donors (Lipinski definition) is 1. The summed E-state index contributed by atoms with van der Waals surface area (Å²) in [7, 11) is 0. The molecule has 0 atom stereocenters. The maximum absolute atomic E-state index is 12.1. The maximum Gasteiger partial charge on any atom is 0.356 e. The first-order valence-corrected chi connectivity index (χ1v) is 7.26. The predicted molar refractivity (Wildman–Crippen MR) is 83.5 cm³/mol. The molecule has 4 nitrogen and oxygen atoms in total. The normalized spacial score (nSPS) is 11.1. The van der Waals surface area contributed by atoms with E-state index in [1.165, 1.54) is 0 Å². The fourth-order valence-corrected chi connectivity index (χ4v) is 2.49. The van der Waals surface area contributed by atoms with E-state index in [1.54, 1.807) is 0 Å². The van der Waals surface area contributed by atoms with Crippen LogP contribution in [0.4, 0.5) is 0 Å². The lowest BCUT2D eigenvalue weighted by Crippen LogP contribution is -2.09. The number of nitrogens with one attached hydrogen (secondary N) is 1. The Morgan fingerprint density at radius 1 is 1.29 bits per heavy atom. The van der Waals surface area contributed by atoms with Crippen molar-refractivity contribution in [2.45, 2.75) is 26.7 Å². The first kappa shape index (κ1) is 13.6. The molecule has 3 aromatic rings. The molecule has 0 spiro atoms. The van der Waals surface area contributed by atoms with E-state index < -0.39 is 0 Å². The zero-order chi connectivity index (χ0) is 14.8. The molecule has 0 fully saturated rings. The second-order valence-corrected chi connectivity index (χ2v) is 5.18. The van der Waals surface area contributed by atoms with Crippen LogP contribution in [-0.2, 0) is 4.74 Å². The summed E-state index contributed by atoms with van der Waals surface area (Å²) in [6.45, 7) is 4.41. The summed E-state index contributed by atoms with van der Waals surface area (Å²) in [6.07, 6.45) is 1.88. The summed E-state index contributed by atoms with van der Waals surface area (Å²) in [5.74, 6) is -0.348. The molecular weight excluding hydrogens is 264 g/mol. The standard InChI is InChI=1S/C17H18N2O2/c1-3-4-9-21-17(20)15-10-13-12-7-5-6-8-14(12)19-16(13)11(2)18-15/h5-8,10,19H,3-4,9H2,1-2H3. The van der Waals surface area contributed by atoms with Crippen molar-refractivity contribution in [2.24, 2.45) is 0 Å². The smallest absolute Gasteiger partial charge is 0.356 e. The summed E-state index contributed by atoms with van der Waals surface area (Å²) in [4.78, 5) is 19.8. The van der Waals surface area contributed by atoms with E-state index in [9.17, 15) is 4.79 Å². The summed E-state index contributed by atoms with van der Waals surface area (Å²) in [5.41, 5.74) is 3.21. The molecule has 0 aliphatic carbocycles. The number of carbonyl (C=O) groups is 1. The Labute approximate surface area is 123 Å². The number of fused-ring (bicyclic) bond motifs is 3. The monoisotopic (exact) mass is 282 g/mol. The third kappa shape index (κ3) is 2.49. The van der Waals surface area contributed by atoms with Crippen molar-refractivity contribution >= 4 is 27.8 Å². The highest BCUT2D eigenvalue weighted by molar-refractivity contribution is 6.09. The number of ether oxygens (including phenoxy) is 1. The van der Waals surface area contributed by atoms with Gasteiger partial charge in [-0.15, -0.1) is 0 Å². The number of unbranched alkanes of at least 4 members (excludes halogenated alkanes) is 1. The van der Waals surface area contributed by atoms with Crippen molar-refractivity contribution in [1.82, 2.24) is 9.97 Å². The molecule has 108 valence electrons.